The first-order valence-corrected chi connectivity index (χ1v) is 11.2. The Labute approximate surface area is 179 Å². The number of aryl methyl sites for hydroxylation is 2. The van der Waals surface area contributed by atoms with Crippen molar-refractivity contribution < 1.29 is 31.1 Å². The molecule has 168 valence electrons. The zero-order chi connectivity index (χ0) is 22.8. The second-order valence-corrected chi connectivity index (χ2v) is 9.21. The number of amides is 1. The normalized spacial score (nSPS) is 15.2. The quantitative estimate of drug-likeness (QED) is 0.627. The van der Waals surface area contributed by atoms with Gasteiger partial charge in [-0.2, -0.15) is 4.31 Å². The Morgan fingerprint density at radius 2 is 1.65 bits per heavy atom. The van der Waals surface area contributed by atoms with Crippen molar-refractivity contribution in [3.63, 3.8) is 0 Å². The van der Waals surface area contributed by atoms with Crippen molar-refractivity contribution in [2.45, 2.75) is 25.2 Å². The van der Waals surface area contributed by atoms with E-state index in [1.165, 1.54) is 4.90 Å². The van der Waals surface area contributed by atoms with Gasteiger partial charge in [-0.3, -0.25) is 4.79 Å². The molecule has 0 aromatic heterocycles. The molecule has 0 N–H and O–H groups in total. The van der Waals surface area contributed by atoms with E-state index >= 15 is 0 Å². The van der Waals surface area contributed by atoms with Gasteiger partial charge in [0.1, 0.15) is 10.6 Å². The first-order valence-electron chi connectivity index (χ1n) is 9.72. The SMILES string of the molecule is Cc1ccc(OCCC(=O)N2CCN(S(=O)(=O)c3ccc(F)c(F)c3F)CC2)cc1C. The van der Waals surface area contributed by atoms with Crippen LogP contribution in [-0.2, 0) is 14.8 Å². The van der Waals surface area contributed by atoms with Crippen molar-refractivity contribution in [2.75, 3.05) is 32.8 Å². The molecule has 0 aliphatic carbocycles. The van der Waals surface area contributed by atoms with Crippen molar-refractivity contribution in [3.05, 3.63) is 58.9 Å². The minimum atomic E-state index is -4.35. The van der Waals surface area contributed by atoms with Crippen molar-refractivity contribution in [3.8, 4) is 5.75 Å². The fourth-order valence-electron chi connectivity index (χ4n) is 3.24. The zero-order valence-electron chi connectivity index (χ0n) is 17.2. The fraction of sp³-hybridized carbons (Fsp3) is 0.381. The summed E-state index contributed by atoms with van der Waals surface area (Å²) < 4.78 is 72.3. The summed E-state index contributed by atoms with van der Waals surface area (Å²) >= 11 is 0. The number of nitrogens with zero attached hydrogens (tertiary/aromatic N) is 2. The van der Waals surface area contributed by atoms with Crippen LogP contribution in [0.2, 0.25) is 0 Å². The standard InChI is InChI=1S/C21H23F3N2O4S/c1-14-3-4-16(13-15(14)2)30-12-7-19(27)25-8-10-26(11-9-25)31(28,29)18-6-5-17(22)20(23)21(18)24/h3-6,13H,7-12H2,1-2H3. The molecule has 0 radical (unpaired) electrons. The van der Waals surface area contributed by atoms with Crippen LogP contribution in [0.5, 0.6) is 5.75 Å². The Kier molecular flexibility index (Phi) is 6.90. The molecule has 0 unspecified atom stereocenters. The van der Waals surface area contributed by atoms with Gasteiger partial charge in [0.15, 0.2) is 17.5 Å². The Balaban J connectivity index is 1.54. The molecule has 1 heterocycles. The number of sulfonamides is 1. The molecule has 1 amide bonds. The lowest BCUT2D eigenvalue weighted by molar-refractivity contribution is -0.132. The highest BCUT2D eigenvalue weighted by Crippen LogP contribution is 2.24. The van der Waals surface area contributed by atoms with Gasteiger partial charge in [-0.05, 0) is 49.2 Å². The Morgan fingerprint density at radius 3 is 2.29 bits per heavy atom. The second-order valence-electron chi connectivity index (χ2n) is 7.30. The molecule has 6 nitrogen and oxygen atoms in total. The summed E-state index contributed by atoms with van der Waals surface area (Å²) in [5, 5.41) is 0. The average molecular weight is 456 g/mol. The molecule has 0 atom stereocenters. The van der Waals surface area contributed by atoms with Crippen molar-refractivity contribution >= 4 is 15.9 Å². The Bertz CT molecular complexity index is 1080. The molecule has 1 aliphatic heterocycles. The van der Waals surface area contributed by atoms with Crippen LogP contribution in [0.3, 0.4) is 0 Å². The van der Waals surface area contributed by atoms with Gasteiger partial charge in [0.2, 0.25) is 15.9 Å². The summed E-state index contributed by atoms with van der Waals surface area (Å²) in [4.78, 5) is 13.0. The molecule has 31 heavy (non-hydrogen) atoms. The molecule has 1 fully saturated rings. The number of rotatable bonds is 6. The highest BCUT2D eigenvalue weighted by Gasteiger charge is 2.33. The van der Waals surface area contributed by atoms with Gasteiger partial charge in [-0.25, -0.2) is 21.6 Å². The van der Waals surface area contributed by atoms with E-state index in [4.69, 9.17) is 4.74 Å². The summed E-state index contributed by atoms with van der Waals surface area (Å²) in [7, 11) is -4.35. The number of carbonyl (C=O) groups excluding carboxylic acids is 1. The number of piperazine rings is 1. The first kappa shape index (κ1) is 23.1. The topological polar surface area (TPSA) is 66.9 Å². The van der Waals surface area contributed by atoms with E-state index in [9.17, 15) is 26.4 Å². The van der Waals surface area contributed by atoms with Crippen LogP contribution >= 0.6 is 0 Å². The van der Waals surface area contributed by atoms with Crippen LogP contribution in [0.15, 0.2) is 35.2 Å². The fourth-order valence-corrected chi connectivity index (χ4v) is 4.72. The van der Waals surface area contributed by atoms with Crippen molar-refractivity contribution in [1.82, 2.24) is 9.21 Å². The van der Waals surface area contributed by atoms with Gasteiger partial charge in [0.25, 0.3) is 0 Å². The van der Waals surface area contributed by atoms with Gasteiger partial charge in [-0.1, -0.05) is 6.07 Å². The maximum atomic E-state index is 13.9. The highest BCUT2D eigenvalue weighted by molar-refractivity contribution is 7.89. The van der Waals surface area contributed by atoms with Gasteiger partial charge in [0.05, 0.1) is 13.0 Å². The molecule has 0 spiro atoms. The van der Waals surface area contributed by atoms with Crippen LogP contribution in [0, 0.1) is 31.3 Å². The smallest absolute Gasteiger partial charge is 0.246 e. The molecule has 2 aromatic rings. The maximum absolute atomic E-state index is 13.9. The van der Waals surface area contributed by atoms with Crippen LogP contribution in [0.25, 0.3) is 0 Å². The lowest BCUT2D eigenvalue weighted by Gasteiger charge is -2.34. The van der Waals surface area contributed by atoms with Gasteiger partial charge >= 0.3 is 0 Å². The van der Waals surface area contributed by atoms with Crippen LogP contribution < -0.4 is 4.74 Å². The molecule has 10 heteroatoms. The number of benzene rings is 2. The summed E-state index contributed by atoms with van der Waals surface area (Å²) in [6.45, 7) is 4.19. The molecular formula is C21H23F3N2O4S. The first-order chi connectivity index (χ1) is 14.6. The zero-order valence-corrected chi connectivity index (χ0v) is 18.0. The predicted molar refractivity (Wildman–Crippen MR) is 108 cm³/mol. The highest BCUT2D eigenvalue weighted by atomic mass is 32.2. The molecule has 0 bridgehead atoms. The van der Waals surface area contributed by atoms with E-state index in [0.717, 1.165) is 15.4 Å². The summed E-state index contributed by atoms with van der Waals surface area (Å²) in [6, 6.07) is 6.92. The third-order valence-corrected chi connectivity index (χ3v) is 7.19. The third-order valence-electron chi connectivity index (χ3n) is 5.27. The number of ether oxygens (including phenoxy) is 1. The molecule has 3 rings (SSSR count). The predicted octanol–water partition coefficient (Wildman–Crippen LogP) is 3.02. The average Bonchev–Trinajstić information content (AvgIpc) is 2.74. The molecule has 0 saturated carbocycles. The van der Waals surface area contributed by atoms with E-state index in [1.54, 1.807) is 0 Å². The van der Waals surface area contributed by atoms with E-state index in [1.807, 2.05) is 32.0 Å². The van der Waals surface area contributed by atoms with Crippen LogP contribution in [0.4, 0.5) is 13.2 Å². The Hall–Kier alpha value is -2.59. The minimum absolute atomic E-state index is 0.0788. The van der Waals surface area contributed by atoms with E-state index in [0.29, 0.717) is 17.9 Å². The van der Waals surface area contributed by atoms with Gasteiger partial charge in [0, 0.05) is 26.2 Å². The Morgan fingerprint density at radius 1 is 0.968 bits per heavy atom. The largest absolute Gasteiger partial charge is 0.493 e. The van der Waals surface area contributed by atoms with Crippen LogP contribution in [0.1, 0.15) is 17.5 Å². The number of carbonyl (C=O) groups is 1. The molecular weight excluding hydrogens is 433 g/mol. The molecule has 2 aromatic carbocycles. The number of hydrogen-bond acceptors (Lipinski definition) is 4. The summed E-state index contributed by atoms with van der Waals surface area (Å²) in [5.74, 6) is -4.57. The van der Waals surface area contributed by atoms with Crippen molar-refractivity contribution in [2.24, 2.45) is 0 Å². The number of hydrogen-bond donors (Lipinski definition) is 0. The van der Waals surface area contributed by atoms with E-state index in [2.05, 4.69) is 0 Å². The number of halogens is 3. The van der Waals surface area contributed by atoms with Crippen LogP contribution in [-0.4, -0.2) is 56.3 Å². The van der Waals surface area contributed by atoms with E-state index in [-0.39, 0.29) is 45.1 Å². The molecule has 1 saturated heterocycles. The van der Waals surface area contributed by atoms with Gasteiger partial charge in [-0.15, -0.1) is 0 Å². The summed E-state index contributed by atoms with van der Waals surface area (Å²) in [6.07, 6.45) is 0.122. The third kappa shape index (κ3) is 5.01. The minimum Gasteiger partial charge on any atom is -0.493 e. The lowest BCUT2D eigenvalue weighted by atomic mass is 10.1. The summed E-state index contributed by atoms with van der Waals surface area (Å²) in [5.41, 5.74) is 2.22. The van der Waals surface area contributed by atoms with Crippen molar-refractivity contribution in [1.29, 1.82) is 0 Å². The monoisotopic (exact) mass is 456 g/mol. The second kappa shape index (κ2) is 9.27. The molecule has 1 aliphatic rings. The van der Waals surface area contributed by atoms with E-state index < -0.39 is 32.4 Å². The maximum Gasteiger partial charge on any atom is 0.246 e. The van der Waals surface area contributed by atoms with Gasteiger partial charge < -0.3 is 9.64 Å². The lowest BCUT2D eigenvalue weighted by Crippen LogP contribution is -2.50.